The second kappa shape index (κ2) is 5.09. The lowest BCUT2D eigenvalue weighted by Gasteiger charge is -2.13. The van der Waals surface area contributed by atoms with Gasteiger partial charge in [0.15, 0.2) is 0 Å². The summed E-state index contributed by atoms with van der Waals surface area (Å²) >= 11 is 0. The lowest BCUT2D eigenvalue weighted by molar-refractivity contribution is -0.129. The van der Waals surface area contributed by atoms with E-state index in [1.165, 1.54) is 6.92 Å². The first-order valence-corrected chi connectivity index (χ1v) is 3.67. The van der Waals surface area contributed by atoms with E-state index in [-0.39, 0.29) is 12.6 Å². The van der Waals surface area contributed by atoms with Crippen molar-refractivity contribution in [3.8, 4) is 0 Å². The largest absolute Gasteiger partial charge is 0.396 e. The molecule has 0 rings (SSSR count). The molecule has 0 aromatic heterocycles. The molecule has 0 bridgehead atoms. The van der Waals surface area contributed by atoms with E-state index < -0.39 is 12.0 Å². The number of aliphatic hydroxyl groups is 2. The van der Waals surface area contributed by atoms with Crippen molar-refractivity contribution in [3.63, 3.8) is 0 Å². The zero-order valence-electron chi connectivity index (χ0n) is 6.87. The van der Waals surface area contributed by atoms with Crippen LogP contribution in [0.2, 0.25) is 0 Å². The number of carbonyl (C=O) groups is 1. The number of aliphatic hydroxyl groups excluding tert-OH is 2. The van der Waals surface area contributed by atoms with Gasteiger partial charge in [-0.2, -0.15) is 0 Å². The van der Waals surface area contributed by atoms with E-state index in [0.717, 1.165) is 0 Å². The van der Waals surface area contributed by atoms with E-state index in [0.29, 0.717) is 6.42 Å². The Kier molecular flexibility index (Phi) is 4.81. The summed E-state index contributed by atoms with van der Waals surface area (Å²) in [5.41, 5.74) is 0. The lowest BCUT2D eigenvalue weighted by Crippen LogP contribution is -2.39. The Morgan fingerprint density at radius 3 is 2.45 bits per heavy atom. The third-order valence-electron chi connectivity index (χ3n) is 1.33. The molecule has 0 fully saturated rings. The van der Waals surface area contributed by atoms with Gasteiger partial charge in [-0.1, -0.05) is 0 Å². The molecule has 0 aliphatic carbocycles. The van der Waals surface area contributed by atoms with E-state index in [1.54, 1.807) is 6.92 Å². The monoisotopic (exact) mass is 161 g/mol. The Morgan fingerprint density at radius 2 is 2.09 bits per heavy atom. The molecule has 0 saturated carbocycles. The van der Waals surface area contributed by atoms with Gasteiger partial charge >= 0.3 is 0 Å². The van der Waals surface area contributed by atoms with Crippen molar-refractivity contribution in [2.24, 2.45) is 0 Å². The fourth-order valence-corrected chi connectivity index (χ4v) is 0.629. The highest BCUT2D eigenvalue weighted by atomic mass is 16.3. The van der Waals surface area contributed by atoms with Crippen LogP contribution in [-0.2, 0) is 4.79 Å². The van der Waals surface area contributed by atoms with Crippen LogP contribution in [0.15, 0.2) is 0 Å². The van der Waals surface area contributed by atoms with Crippen molar-refractivity contribution in [3.05, 3.63) is 0 Å². The van der Waals surface area contributed by atoms with Crippen LogP contribution in [0.25, 0.3) is 0 Å². The minimum atomic E-state index is -0.976. The van der Waals surface area contributed by atoms with E-state index >= 15 is 0 Å². The summed E-state index contributed by atoms with van der Waals surface area (Å²) in [7, 11) is 0. The molecular formula is C7H15NO3. The van der Waals surface area contributed by atoms with E-state index in [9.17, 15) is 4.79 Å². The summed E-state index contributed by atoms with van der Waals surface area (Å²) in [5.74, 6) is -0.397. The van der Waals surface area contributed by atoms with Gasteiger partial charge in [-0.15, -0.1) is 0 Å². The van der Waals surface area contributed by atoms with Gasteiger partial charge < -0.3 is 15.5 Å². The fourth-order valence-electron chi connectivity index (χ4n) is 0.629. The van der Waals surface area contributed by atoms with Gasteiger partial charge in [0, 0.05) is 12.6 Å². The van der Waals surface area contributed by atoms with Crippen molar-refractivity contribution in [2.75, 3.05) is 6.61 Å². The molecule has 0 aromatic carbocycles. The molecule has 0 aliphatic heterocycles. The molecule has 0 aliphatic rings. The Labute approximate surface area is 66.2 Å². The van der Waals surface area contributed by atoms with E-state index in [1.807, 2.05) is 0 Å². The smallest absolute Gasteiger partial charge is 0.248 e. The number of rotatable bonds is 4. The van der Waals surface area contributed by atoms with Crippen molar-refractivity contribution < 1.29 is 15.0 Å². The van der Waals surface area contributed by atoms with Crippen molar-refractivity contribution in [2.45, 2.75) is 32.4 Å². The summed E-state index contributed by atoms with van der Waals surface area (Å²) < 4.78 is 0. The predicted molar refractivity (Wildman–Crippen MR) is 41.0 cm³/mol. The first-order valence-electron chi connectivity index (χ1n) is 3.67. The van der Waals surface area contributed by atoms with Crippen LogP contribution in [0.4, 0.5) is 0 Å². The molecule has 1 amide bonds. The predicted octanol–water partition coefficient (Wildman–Crippen LogP) is -0.746. The van der Waals surface area contributed by atoms with E-state index in [2.05, 4.69) is 5.32 Å². The maximum atomic E-state index is 10.8. The van der Waals surface area contributed by atoms with E-state index in [4.69, 9.17) is 10.2 Å². The Bertz CT molecular complexity index is 125. The lowest BCUT2D eigenvalue weighted by atomic mass is 10.2. The average molecular weight is 161 g/mol. The van der Waals surface area contributed by atoms with Gasteiger partial charge in [-0.25, -0.2) is 0 Å². The molecule has 4 nitrogen and oxygen atoms in total. The molecule has 3 N–H and O–H groups in total. The Morgan fingerprint density at radius 1 is 1.55 bits per heavy atom. The zero-order chi connectivity index (χ0) is 8.85. The summed E-state index contributed by atoms with van der Waals surface area (Å²) in [4.78, 5) is 10.8. The van der Waals surface area contributed by atoms with Crippen LogP contribution in [0, 0.1) is 0 Å². The van der Waals surface area contributed by atoms with Crippen LogP contribution < -0.4 is 5.32 Å². The zero-order valence-corrected chi connectivity index (χ0v) is 6.87. The molecular weight excluding hydrogens is 146 g/mol. The maximum absolute atomic E-state index is 10.8. The van der Waals surface area contributed by atoms with Crippen molar-refractivity contribution >= 4 is 5.91 Å². The van der Waals surface area contributed by atoms with Crippen LogP contribution in [0.1, 0.15) is 20.3 Å². The SMILES string of the molecule is C[C@H](CCO)NC(=O)[C@@H](C)O. The number of hydrogen-bond acceptors (Lipinski definition) is 3. The minimum absolute atomic E-state index is 0.0429. The Hall–Kier alpha value is -0.610. The second-order valence-electron chi connectivity index (χ2n) is 2.60. The molecule has 0 aromatic rings. The third-order valence-corrected chi connectivity index (χ3v) is 1.33. The molecule has 0 unspecified atom stereocenters. The van der Waals surface area contributed by atoms with Gasteiger partial charge in [0.2, 0.25) is 5.91 Å². The maximum Gasteiger partial charge on any atom is 0.248 e. The second-order valence-corrected chi connectivity index (χ2v) is 2.60. The van der Waals surface area contributed by atoms with Gasteiger partial charge in [-0.05, 0) is 20.3 Å². The highest BCUT2D eigenvalue weighted by Gasteiger charge is 2.10. The van der Waals surface area contributed by atoms with Crippen LogP contribution in [0.3, 0.4) is 0 Å². The minimum Gasteiger partial charge on any atom is -0.396 e. The van der Waals surface area contributed by atoms with Crippen LogP contribution >= 0.6 is 0 Å². The molecule has 0 spiro atoms. The standard InChI is InChI=1S/C7H15NO3/c1-5(3-4-9)8-7(11)6(2)10/h5-6,9-10H,3-4H2,1-2H3,(H,8,11)/t5-,6-/m1/s1. The highest BCUT2D eigenvalue weighted by molar-refractivity contribution is 5.80. The average Bonchev–Trinajstić information content (AvgIpc) is 1.87. The number of carbonyl (C=O) groups excluding carboxylic acids is 1. The molecule has 66 valence electrons. The summed E-state index contributed by atoms with van der Waals surface area (Å²) in [5, 5.41) is 19.8. The number of nitrogens with one attached hydrogen (secondary N) is 1. The van der Waals surface area contributed by atoms with Crippen LogP contribution in [0.5, 0.6) is 0 Å². The molecule has 11 heavy (non-hydrogen) atoms. The topological polar surface area (TPSA) is 69.6 Å². The summed E-state index contributed by atoms with van der Waals surface area (Å²) in [6, 6.07) is -0.0814. The van der Waals surface area contributed by atoms with Crippen LogP contribution in [-0.4, -0.2) is 34.9 Å². The molecule has 0 heterocycles. The quantitative estimate of drug-likeness (QED) is 0.508. The van der Waals surface area contributed by atoms with Gasteiger partial charge in [-0.3, -0.25) is 4.79 Å². The molecule has 2 atom stereocenters. The number of amides is 1. The normalized spacial score (nSPS) is 15.6. The van der Waals surface area contributed by atoms with Gasteiger partial charge in [0.25, 0.3) is 0 Å². The summed E-state index contributed by atoms with van der Waals surface area (Å²) in [6.45, 7) is 3.22. The van der Waals surface area contributed by atoms with Gasteiger partial charge in [0.05, 0.1) is 0 Å². The first kappa shape index (κ1) is 10.4. The molecule has 0 radical (unpaired) electrons. The van der Waals surface area contributed by atoms with Gasteiger partial charge in [0.1, 0.15) is 6.10 Å². The third kappa shape index (κ3) is 4.75. The highest BCUT2D eigenvalue weighted by Crippen LogP contribution is 1.89. The number of hydrogen-bond donors (Lipinski definition) is 3. The first-order chi connectivity index (χ1) is 5.07. The summed E-state index contributed by atoms with van der Waals surface area (Å²) in [6.07, 6.45) is -0.463. The molecule has 4 heteroatoms. The van der Waals surface area contributed by atoms with Crippen molar-refractivity contribution in [1.29, 1.82) is 0 Å². The molecule has 0 saturated heterocycles. The fraction of sp³-hybridized carbons (Fsp3) is 0.857. The Balaban J connectivity index is 3.57. The van der Waals surface area contributed by atoms with Crippen molar-refractivity contribution in [1.82, 2.24) is 5.32 Å².